The fraction of sp³-hybridized carbons (Fsp3) is 0.292. The van der Waals surface area contributed by atoms with Crippen LogP contribution in [0.25, 0.3) is 0 Å². The Hall–Kier alpha value is -3.61. The van der Waals surface area contributed by atoms with E-state index in [2.05, 4.69) is 4.98 Å². The van der Waals surface area contributed by atoms with Gasteiger partial charge in [-0.25, -0.2) is 4.98 Å². The number of hydrogen-bond donors (Lipinski definition) is 0. The van der Waals surface area contributed by atoms with Crippen LogP contribution in [0.3, 0.4) is 0 Å². The Morgan fingerprint density at radius 3 is 2.61 bits per heavy atom. The Bertz CT molecular complexity index is 1140. The van der Waals surface area contributed by atoms with Crippen molar-refractivity contribution in [2.24, 2.45) is 0 Å². The molecule has 1 amide bonds. The lowest BCUT2D eigenvalue weighted by atomic mass is 10.0. The summed E-state index contributed by atoms with van der Waals surface area (Å²) in [7, 11) is 1.60. The van der Waals surface area contributed by atoms with Gasteiger partial charge in [0.1, 0.15) is 30.5 Å². The van der Waals surface area contributed by atoms with Crippen LogP contribution >= 0.6 is 0 Å². The highest BCUT2D eigenvalue weighted by atomic mass is 16.5. The molecule has 2 heterocycles. The largest absolute Gasteiger partial charge is 0.497 e. The Morgan fingerprint density at radius 2 is 1.84 bits per heavy atom. The van der Waals surface area contributed by atoms with Gasteiger partial charge in [0.15, 0.2) is 0 Å². The third-order valence-corrected chi connectivity index (χ3v) is 5.35. The van der Waals surface area contributed by atoms with Crippen molar-refractivity contribution >= 4 is 11.6 Å². The van der Waals surface area contributed by atoms with Gasteiger partial charge in [0.2, 0.25) is 5.91 Å². The van der Waals surface area contributed by atoms with Gasteiger partial charge in [-0.2, -0.15) is 0 Å². The Balaban J connectivity index is 1.55. The molecule has 0 bridgehead atoms. The SMILES string of the molecule is COc1ccc(OCc2nc(C)cc(=O)n2CC(=O)N2CCCc3ccccc32)cc1. The van der Waals surface area contributed by atoms with Gasteiger partial charge in [0.05, 0.1) is 7.11 Å². The molecule has 7 heteroatoms. The maximum absolute atomic E-state index is 13.1. The molecule has 0 saturated heterocycles. The lowest BCUT2D eigenvalue weighted by molar-refractivity contribution is -0.119. The molecule has 31 heavy (non-hydrogen) atoms. The molecule has 1 aliphatic heterocycles. The predicted octanol–water partition coefficient (Wildman–Crippen LogP) is 3.12. The highest BCUT2D eigenvalue weighted by Gasteiger charge is 2.23. The van der Waals surface area contributed by atoms with Crippen LogP contribution in [0.15, 0.2) is 59.4 Å². The number of carbonyl (C=O) groups is 1. The molecular formula is C24H25N3O4. The summed E-state index contributed by atoms with van der Waals surface area (Å²) >= 11 is 0. The number of benzene rings is 2. The molecule has 0 N–H and O–H groups in total. The molecule has 0 saturated carbocycles. The van der Waals surface area contributed by atoms with Crippen LogP contribution in [0.1, 0.15) is 23.5 Å². The van der Waals surface area contributed by atoms with Crippen molar-refractivity contribution in [3.05, 3.63) is 82.0 Å². The molecule has 3 aromatic rings. The monoisotopic (exact) mass is 419 g/mol. The maximum atomic E-state index is 13.1. The zero-order valence-electron chi connectivity index (χ0n) is 17.7. The Kier molecular flexibility index (Phi) is 6.02. The van der Waals surface area contributed by atoms with Crippen molar-refractivity contribution < 1.29 is 14.3 Å². The first kappa shape index (κ1) is 20.7. The van der Waals surface area contributed by atoms with Crippen molar-refractivity contribution in [2.45, 2.75) is 32.9 Å². The normalized spacial score (nSPS) is 12.9. The molecule has 0 radical (unpaired) electrons. The molecule has 1 aromatic heterocycles. The van der Waals surface area contributed by atoms with Crippen molar-refractivity contribution in [2.75, 3.05) is 18.6 Å². The minimum atomic E-state index is -0.264. The Morgan fingerprint density at radius 1 is 1.10 bits per heavy atom. The number of methoxy groups -OCH3 is 1. The van der Waals surface area contributed by atoms with Gasteiger partial charge in [0, 0.05) is 24.0 Å². The van der Waals surface area contributed by atoms with E-state index in [0.717, 1.165) is 29.8 Å². The maximum Gasteiger partial charge on any atom is 0.254 e. The summed E-state index contributed by atoms with van der Waals surface area (Å²) in [5, 5.41) is 0. The van der Waals surface area contributed by atoms with E-state index < -0.39 is 0 Å². The summed E-state index contributed by atoms with van der Waals surface area (Å²) in [4.78, 5) is 32.1. The third-order valence-electron chi connectivity index (χ3n) is 5.35. The van der Waals surface area contributed by atoms with Crippen molar-refractivity contribution in [1.82, 2.24) is 9.55 Å². The zero-order chi connectivity index (χ0) is 21.8. The average Bonchev–Trinajstić information content (AvgIpc) is 2.79. The van der Waals surface area contributed by atoms with E-state index in [9.17, 15) is 9.59 Å². The second kappa shape index (κ2) is 9.04. The van der Waals surface area contributed by atoms with Gasteiger partial charge in [-0.3, -0.25) is 14.2 Å². The number of amides is 1. The molecule has 0 atom stereocenters. The molecule has 0 fully saturated rings. The summed E-state index contributed by atoms with van der Waals surface area (Å²) in [6.07, 6.45) is 1.85. The van der Waals surface area contributed by atoms with E-state index in [1.807, 2.05) is 24.3 Å². The topological polar surface area (TPSA) is 73.7 Å². The molecule has 1 aliphatic rings. The summed E-state index contributed by atoms with van der Waals surface area (Å²) < 4.78 is 12.4. The quantitative estimate of drug-likeness (QED) is 0.614. The van der Waals surface area contributed by atoms with E-state index >= 15 is 0 Å². The van der Waals surface area contributed by atoms with Crippen LogP contribution in [0.4, 0.5) is 5.69 Å². The number of ether oxygens (including phenoxy) is 2. The van der Waals surface area contributed by atoms with Crippen molar-refractivity contribution in [1.29, 1.82) is 0 Å². The summed E-state index contributed by atoms with van der Waals surface area (Å²) in [5.41, 5.74) is 2.40. The number of para-hydroxylation sites is 1. The number of rotatable bonds is 6. The van der Waals surface area contributed by atoms with Crippen molar-refractivity contribution in [3.63, 3.8) is 0 Å². The van der Waals surface area contributed by atoms with E-state index in [1.165, 1.54) is 10.6 Å². The molecule has 0 spiro atoms. The van der Waals surface area contributed by atoms with E-state index in [-0.39, 0.29) is 24.6 Å². The van der Waals surface area contributed by atoms with Gasteiger partial charge >= 0.3 is 0 Å². The van der Waals surface area contributed by atoms with Crippen LogP contribution in [-0.4, -0.2) is 29.1 Å². The fourth-order valence-electron chi connectivity index (χ4n) is 3.79. The lowest BCUT2D eigenvalue weighted by Crippen LogP contribution is -2.40. The lowest BCUT2D eigenvalue weighted by Gasteiger charge is -2.30. The standard InChI is InChI=1S/C24H25N3O4/c1-17-14-23(28)27(22(25-17)16-31-20-11-9-19(30-2)10-12-20)15-24(29)26-13-5-7-18-6-3-4-8-21(18)26/h3-4,6,8-12,14H,5,7,13,15-16H2,1-2H3. The van der Waals surface area contributed by atoms with Gasteiger partial charge in [-0.05, 0) is 55.7 Å². The van der Waals surface area contributed by atoms with E-state index in [0.29, 0.717) is 23.8 Å². The molecule has 7 nitrogen and oxygen atoms in total. The van der Waals surface area contributed by atoms with Crippen LogP contribution in [-0.2, 0) is 24.4 Å². The van der Waals surface area contributed by atoms with Gasteiger partial charge < -0.3 is 14.4 Å². The van der Waals surface area contributed by atoms with E-state index in [4.69, 9.17) is 9.47 Å². The first-order chi connectivity index (χ1) is 15.0. The minimum Gasteiger partial charge on any atom is -0.497 e. The van der Waals surface area contributed by atoms with Crippen LogP contribution in [0, 0.1) is 6.92 Å². The van der Waals surface area contributed by atoms with Crippen LogP contribution in [0.2, 0.25) is 0 Å². The molecule has 4 rings (SSSR count). The van der Waals surface area contributed by atoms with Gasteiger partial charge in [-0.15, -0.1) is 0 Å². The number of aromatic nitrogens is 2. The first-order valence-corrected chi connectivity index (χ1v) is 10.3. The van der Waals surface area contributed by atoms with Gasteiger partial charge in [0.25, 0.3) is 5.56 Å². The van der Waals surface area contributed by atoms with Crippen LogP contribution in [0.5, 0.6) is 11.5 Å². The highest BCUT2D eigenvalue weighted by molar-refractivity contribution is 5.94. The number of nitrogens with zero attached hydrogens (tertiary/aromatic N) is 3. The second-order valence-corrected chi connectivity index (χ2v) is 7.48. The fourth-order valence-corrected chi connectivity index (χ4v) is 3.79. The molecule has 160 valence electrons. The summed E-state index contributed by atoms with van der Waals surface area (Å²) in [5.74, 6) is 1.63. The number of fused-ring (bicyclic) bond motifs is 1. The summed E-state index contributed by atoms with van der Waals surface area (Å²) in [6.45, 7) is 2.39. The van der Waals surface area contributed by atoms with Gasteiger partial charge in [-0.1, -0.05) is 18.2 Å². The smallest absolute Gasteiger partial charge is 0.254 e. The number of carbonyl (C=O) groups excluding carboxylic acids is 1. The molecule has 0 aliphatic carbocycles. The molecule has 0 unspecified atom stereocenters. The first-order valence-electron chi connectivity index (χ1n) is 10.3. The molecule has 2 aromatic carbocycles. The average molecular weight is 419 g/mol. The predicted molar refractivity (Wildman–Crippen MR) is 118 cm³/mol. The van der Waals surface area contributed by atoms with E-state index in [1.54, 1.807) is 43.2 Å². The number of anilines is 1. The van der Waals surface area contributed by atoms with Crippen LogP contribution < -0.4 is 19.9 Å². The zero-order valence-corrected chi connectivity index (χ0v) is 17.7. The summed E-state index contributed by atoms with van der Waals surface area (Å²) in [6, 6.07) is 16.5. The molecular weight excluding hydrogens is 394 g/mol. The van der Waals surface area contributed by atoms with Crippen molar-refractivity contribution in [3.8, 4) is 11.5 Å². The minimum absolute atomic E-state index is 0.0765. The number of aryl methyl sites for hydroxylation is 2. The highest BCUT2D eigenvalue weighted by Crippen LogP contribution is 2.27. The third kappa shape index (κ3) is 4.60. The second-order valence-electron chi connectivity index (χ2n) is 7.48. The number of hydrogen-bond acceptors (Lipinski definition) is 5. The Labute approximate surface area is 180 Å².